The van der Waals surface area contributed by atoms with Crippen molar-refractivity contribution >= 4 is 38.3 Å². The molecule has 0 aliphatic carbocycles. The van der Waals surface area contributed by atoms with Crippen molar-refractivity contribution < 1.29 is 13.6 Å². The van der Waals surface area contributed by atoms with Crippen LogP contribution in [0.3, 0.4) is 0 Å². The van der Waals surface area contributed by atoms with Gasteiger partial charge in [-0.3, -0.25) is 9.48 Å². The van der Waals surface area contributed by atoms with Gasteiger partial charge in [0.2, 0.25) is 0 Å². The lowest BCUT2D eigenvalue weighted by molar-refractivity contribution is -0.119. The number of anilines is 1. The minimum Gasteiger partial charge on any atom is -0.300 e. The first-order valence-electron chi connectivity index (χ1n) is 5.64. The van der Waals surface area contributed by atoms with Gasteiger partial charge in [-0.1, -0.05) is 0 Å². The molecule has 2 heterocycles. The van der Waals surface area contributed by atoms with Gasteiger partial charge >= 0.3 is 0 Å². The van der Waals surface area contributed by atoms with E-state index in [4.69, 9.17) is 0 Å². The highest BCUT2D eigenvalue weighted by Gasteiger charge is 2.25. The Morgan fingerprint density at radius 1 is 1.55 bits per heavy atom. The summed E-state index contributed by atoms with van der Waals surface area (Å²) in [5.41, 5.74) is 0.110. The first-order valence-corrected chi connectivity index (χ1v) is 7.32. The van der Waals surface area contributed by atoms with Crippen LogP contribution in [0.25, 0.3) is 0 Å². The van der Waals surface area contributed by atoms with Crippen molar-refractivity contribution in [3.05, 3.63) is 27.4 Å². The maximum atomic E-state index is 12.8. The molecule has 0 saturated carbocycles. The molecule has 1 unspecified atom stereocenters. The second-order valence-corrected chi connectivity index (χ2v) is 5.72. The predicted octanol–water partition coefficient (Wildman–Crippen LogP) is 3.55. The first-order chi connectivity index (χ1) is 9.41. The Morgan fingerprint density at radius 2 is 2.25 bits per heavy atom. The number of nitrogens with zero attached hydrogens (tertiary/aromatic N) is 3. The number of hydrogen-bond acceptors (Lipinski definition) is 4. The fourth-order valence-corrected chi connectivity index (χ4v) is 2.61. The third-order valence-corrected chi connectivity index (χ3v) is 4.39. The lowest BCUT2D eigenvalue weighted by Crippen LogP contribution is -2.25. The average molecular weight is 365 g/mol. The van der Waals surface area contributed by atoms with Crippen molar-refractivity contribution in [2.24, 2.45) is 0 Å². The number of carbonyl (C=O) groups is 1. The molecule has 0 saturated heterocycles. The minimum absolute atomic E-state index is 0.224. The molecule has 0 aliphatic rings. The third-order valence-electron chi connectivity index (χ3n) is 2.72. The molecule has 0 radical (unpaired) electrons. The molecule has 0 aromatic carbocycles. The number of aromatic nitrogens is 3. The normalized spacial score (nSPS) is 12.7. The molecular formula is C11H11BrF2N4OS. The molecule has 2 aromatic rings. The van der Waals surface area contributed by atoms with E-state index >= 15 is 0 Å². The number of halogens is 3. The predicted molar refractivity (Wildman–Crippen MR) is 75.1 cm³/mol. The number of thiazole rings is 1. The van der Waals surface area contributed by atoms with E-state index in [0.717, 1.165) is 0 Å². The summed E-state index contributed by atoms with van der Waals surface area (Å²) < 4.78 is 27.0. The Morgan fingerprint density at radius 3 is 2.75 bits per heavy atom. The zero-order valence-electron chi connectivity index (χ0n) is 10.6. The summed E-state index contributed by atoms with van der Waals surface area (Å²) in [6.07, 6.45) is -1.13. The molecule has 0 bridgehead atoms. The highest BCUT2D eigenvalue weighted by atomic mass is 79.9. The maximum Gasteiger partial charge on any atom is 0.283 e. The van der Waals surface area contributed by atoms with Crippen molar-refractivity contribution in [1.82, 2.24) is 14.8 Å². The second kappa shape index (κ2) is 5.96. The molecule has 1 amide bonds. The Hall–Kier alpha value is -1.35. The zero-order valence-corrected chi connectivity index (χ0v) is 13.0. The molecule has 108 valence electrons. The van der Waals surface area contributed by atoms with Crippen molar-refractivity contribution in [3.8, 4) is 0 Å². The Labute approximate surface area is 126 Å². The van der Waals surface area contributed by atoms with Crippen molar-refractivity contribution in [2.75, 3.05) is 5.32 Å². The maximum absolute atomic E-state index is 12.8. The summed E-state index contributed by atoms with van der Waals surface area (Å²) in [6.45, 7) is 3.21. The lowest BCUT2D eigenvalue weighted by atomic mass is 10.3. The van der Waals surface area contributed by atoms with Gasteiger partial charge in [0.25, 0.3) is 12.3 Å². The van der Waals surface area contributed by atoms with E-state index in [0.29, 0.717) is 10.8 Å². The van der Waals surface area contributed by atoms with E-state index in [-0.39, 0.29) is 16.1 Å². The first kappa shape index (κ1) is 15.0. The van der Waals surface area contributed by atoms with Crippen LogP contribution >= 0.6 is 27.3 Å². The molecular weight excluding hydrogens is 354 g/mol. The number of rotatable bonds is 4. The van der Waals surface area contributed by atoms with E-state index < -0.39 is 12.5 Å². The standard InChI is InChI=1S/C11H11BrF2N4OS/c1-5-7(12)8(9(13)14)17-18(5)6(2)10(19)16-11-15-3-4-20-11/h3-4,6,9H,1-2H3,(H,15,16,19). The highest BCUT2D eigenvalue weighted by molar-refractivity contribution is 9.10. The largest absolute Gasteiger partial charge is 0.300 e. The summed E-state index contributed by atoms with van der Waals surface area (Å²) in [6, 6.07) is -0.720. The number of amides is 1. The molecule has 5 nitrogen and oxygen atoms in total. The van der Waals surface area contributed by atoms with Gasteiger partial charge in [0, 0.05) is 11.6 Å². The van der Waals surface area contributed by atoms with Crippen molar-refractivity contribution in [1.29, 1.82) is 0 Å². The van der Waals surface area contributed by atoms with Gasteiger partial charge in [-0.15, -0.1) is 11.3 Å². The number of carbonyl (C=O) groups excluding carboxylic acids is 1. The topological polar surface area (TPSA) is 59.8 Å². The van der Waals surface area contributed by atoms with Crippen molar-refractivity contribution in [3.63, 3.8) is 0 Å². The van der Waals surface area contributed by atoms with Gasteiger partial charge in [0.05, 0.1) is 10.2 Å². The van der Waals surface area contributed by atoms with Crippen LogP contribution in [0.2, 0.25) is 0 Å². The molecule has 2 rings (SSSR count). The van der Waals surface area contributed by atoms with E-state index in [1.54, 1.807) is 25.4 Å². The number of hydrogen-bond donors (Lipinski definition) is 1. The molecule has 0 aliphatic heterocycles. The lowest BCUT2D eigenvalue weighted by Gasteiger charge is -2.13. The Kier molecular flexibility index (Phi) is 4.48. The SMILES string of the molecule is Cc1c(Br)c(C(F)F)nn1C(C)C(=O)Nc1nccs1. The fraction of sp³-hybridized carbons (Fsp3) is 0.364. The average Bonchev–Trinajstić information content (AvgIpc) is 2.99. The van der Waals surface area contributed by atoms with Crippen LogP contribution in [0.4, 0.5) is 13.9 Å². The molecule has 0 fully saturated rings. The summed E-state index contributed by atoms with van der Waals surface area (Å²) >= 11 is 4.35. The summed E-state index contributed by atoms with van der Waals surface area (Å²) in [5.74, 6) is -0.362. The molecule has 1 N–H and O–H groups in total. The quantitative estimate of drug-likeness (QED) is 0.902. The molecule has 2 aromatic heterocycles. The second-order valence-electron chi connectivity index (χ2n) is 4.03. The zero-order chi connectivity index (χ0) is 14.9. The van der Waals surface area contributed by atoms with Crippen LogP contribution in [0, 0.1) is 6.92 Å². The van der Waals surface area contributed by atoms with E-state index in [9.17, 15) is 13.6 Å². The smallest absolute Gasteiger partial charge is 0.283 e. The van der Waals surface area contributed by atoms with Gasteiger partial charge < -0.3 is 5.32 Å². The highest BCUT2D eigenvalue weighted by Crippen LogP contribution is 2.30. The van der Waals surface area contributed by atoms with Gasteiger partial charge in [0.15, 0.2) is 5.13 Å². The molecule has 1 atom stereocenters. The van der Waals surface area contributed by atoms with E-state index in [1.807, 2.05) is 0 Å². The monoisotopic (exact) mass is 364 g/mol. The van der Waals surface area contributed by atoms with Crippen LogP contribution in [0.1, 0.15) is 30.8 Å². The van der Waals surface area contributed by atoms with Crippen LogP contribution in [-0.4, -0.2) is 20.7 Å². The van der Waals surface area contributed by atoms with Gasteiger partial charge in [-0.2, -0.15) is 5.10 Å². The summed E-state index contributed by atoms with van der Waals surface area (Å²) in [7, 11) is 0. The summed E-state index contributed by atoms with van der Waals surface area (Å²) in [4.78, 5) is 16.0. The van der Waals surface area contributed by atoms with Crippen LogP contribution in [0.5, 0.6) is 0 Å². The Balaban J connectivity index is 2.22. The van der Waals surface area contributed by atoms with Gasteiger partial charge in [0.1, 0.15) is 11.7 Å². The van der Waals surface area contributed by atoms with Gasteiger partial charge in [-0.05, 0) is 29.8 Å². The van der Waals surface area contributed by atoms with E-state index in [1.165, 1.54) is 16.0 Å². The summed E-state index contributed by atoms with van der Waals surface area (Å²) in [5, 5.41) is 8.60. The van der Waals surface area contributed by atoms with Crippen molar-refractivity contribution in [2.45, 2.75) is 26.3 Å². The van der Waals surface area contributed by atoms with E-state index in [2.05, 4.69) is 31.3 Å². The third kappa shape index (κ3) is 2.88. The van der Waals surface area contributed by atoms with Crippen LogP contribution < -0.4 is 5.32 Å². The van der Waals surface area contributed by atoms with Crippen LogP contribution in [0.15, 0.2) is 16.0 Å². The Bertz CT molecular complexity index is 614. The number of alkyl halides is 2. The molecule has 9 heteroatoms. The van der Waals surface area contributed by atoms with Crippen LogP contribution in [-0.2, 0) is 4.79 Å². The molecule has 0 spiro atoms. The van der Waals surface area contributed by atoms with Gasteiger partial charge in [-0.25, -0.2) is 13.8 Å². The minimum atomic E-state index is -2.70. The number of nitrogens with one attached hydrogen (secondary N) is 1. The fourth-order valence-electron chi connectivity index (χ4n) is 1.64. The molecule has 20 heavy (non-hydrogen) atoms.